The Labute approximate surface area is 112 Å². The number of carboxylic acids is 1. The SMILES string of the molecule is CC1=CC=CC(c2ccccc2)(C(CO)C(=O)O)C1. The molecule has 3 heteroatoms. The molecular formula is C16H18O3. The molecule has 2 unspecified atom stereocenters. The average molecular weight is 258 g/mol. The van der Waals surface area contributed by atoms with E-state index in [-0.39, 0.29) is 6.61 Å². The molecule has 0 amide bonds. The van der Waals surface area contributed by atoms with Gasteiger partial charge in [-0.1, -0.05) is 54.1 Å². The van der Waals surface area contributed by atoms with Crippen LogP contribution in [0.1, 0.15) is 18.9 Å². The zero-order valence-corrected chi connectivity index (χ0v) is 10.9. The lowest BCUT2D eigenvalue weighted by atomic mass is 9.65. The Kier molecular flexibility index (Phi) is 3.86. The highest BCUT2D eigenvalue weighted by Crippen LogP contribution is 2.42. The monoisotopic (exact) mass is 258 g/mol. The summed E-state index contributed by atoms with van der Waals surface area (Å²) in [5, 5.41) is 19.0. The van der Waals surface area contributed by atoms with Crippen molar-refractivity contribution in [2.45, 2.75) is 18.8 Å². The fraction of sp³-hybridized carbons (Fsp3) is 0.312. The Bertz CT molecular complexity index is 516. The van der Waals surface area contributed by atoms with Crippen LogP contribution in [-0.2, 0) is 10.2 Å². The number of hydrogen-bond donors (Lipinski definition) is 2. The molecule has 100 valence electrons. The maximum Gasteiger partial charge on any atom is 0.310 e. The lowest BCUT2D eigenvalue weighted by Gasteiger charge is -2.38. The van der Waals surface area contributed by atoms with Crippen LogP contribution in [0, 0.1) is 5.92 Å². The van der Waals surface area contributed by atoms with Crippen LogP contribution in [0.4, 0.5) is 0 Å². The minimum Gasteiger partial charge on any atom is -0.481 e. The Balaban J connectivity index is 2.54. The van der Waals surface area contributed by atoms with Gasteiger partial charge in [0, 0.05) is 5.41 Å². The number of aliphatic carboxylic acids is 1. The molecule has 1 aromatic rings. The van der Waals surface area contributed by atoms with Crippen molar-refractivity contribution >= 4 is 5.97 Å². The first-order valence-electron chi connectivity index (χ1n) is 6.34. The van der Waals surface area contributed by atoms with E-state index in [1.165, 1.54) is 0 Å². The van der Waals surface area contributed by atoms with Gasteiger partial charge in [0.15, 0.2) is 0 Å². The van der Waals surface area contributed by atoms with Crippen LogP contribution in [0.25, 0.3) is 0 Å². The second-order valence-corrected chi connectivity index (χ2v) is 5.03. The summed E-state index contributed by atoms with van der Waals surface area (Å²) in [5.41, 5.74) is 1.38. The van der Waals surface area contributed by atoms with Crippen LogP contribution in [-0.4, -0.2) is 22.8 Å². The molecule has 19 heavy (non-hydrogen) atoms. The van der Waals surface area contributed by atoms with E-state index >= 15 is 0 Å². The summed E-state index contributed by atoms with van der Waals surface area (Å²) in [4.78, 5) is 11.5. The highest BCUT2D eigenvalue weighted by atomic mass is 16.4. The number of rotatable bonds is 4. The van der Waals surface area contributed by atoms with Gasteiger partial charge in [0.25, 0.3) is 0 Å². The van der Waals surface area contributed by atoms with E-state index in [2.05, 4.69) is 0 Å². The van der Waals surface area contributed by atoms with Crippen molar-refractivity contribution in [3.8, 4) is 0 Å². The Morgan fingerprint density at radius 3 is 2.58 bits per heavy atom. The van der Waals surface area contributed by atoms with Crippen LogP contribution in [0.5, 0.6) is 0 Å². The second kappa shape index (κ2) is 5.41. The van der Waals surface area contributed by atoms with Gasteiger partial charge in [-0.05, 0) is 18.9 Å². The van der Waals surface area contributed by atoms with Crippen LogP contribution < -0.4 is 0 Å². The number of carbonyl (C=O) groups is 1. The summed E-state index contributed by atoms with van der Waals surface area (Å²) in [6, 6.07) is 9.55. The van der Waals surface area contributed by atoms with E-state index in [0.717, 1.165) is 11.1 Å². The molecule has 2 atom stereocenters. The second-order valence-electron chi connectivity index (χ2n) is 5.03. The molecule has 0 spiro atoms. The van der Waals surface area contributed by atoms with E-state index in [1.807, 2.05) is 55.5 Å². The molecule has 1 aliphatic carbocycles. The highest BCUT2D eigenvalue weighted by molar-refractivity contribution is 5.74. The van der Waals surface area contributed by atoms with Crippen molar-refractivity contribution in [3.05, 3.63) is 59.7 Å². The summed E-state index contributed by atoms with van der Waals surface area (Å²) in [6.45, 7) is 1.61. The highest BCUT2D eigenvalue weighted by Gasteiger charge is 2.43. The summed E-state index contributed by atoms with van der Waals surface area (Å²) in [5.74, 6) is -1.81. The number of carboxylic acid groups (broad SMARTS) is 1. The number of allylic oxidation sites excluding steroid dienone is 4. The van der Waals surface area contributed by atoms with Crippen LogP contribution in [0.15, 0.2) is 54.1 Å². The van der Waals surface area contributed by atoms with E-state index in [0.29, 0.717) is 6.42 Å². The zero-order valence-electron chi connectivity index (χ0n) is 10.9. The predicted octanol–water partition coefficient (Wildman–Crippen LogP) is 2.52. The van der Waals surface area contributed by atoms with Gasteiger partial charge >= 0.3 is 5.97 Å². The van der Waals surface area contributed by atoms with Gasteiger partial charge in [-0.2, -0.15) is 0 Å². The van der Waals surface area contributed by atoms with Crippen molar-refractivity contribution < 1.29 is 15.0 Å². The molecule has 1 aromatic carbocycles. The predicted molar refractivity (Wildman–Crippen MR) is 73.8 cm³/mol. The molecule has 0 bridgehead atoms. The van der Waals surface area contributed by atoms with Crippen LogP contribution >= 0.6 is 0 Å². The van der Waals surface area contributed by atoms with Gasteiger partial charge in [0.1, 0.15) is 0 Å². The van der Waals surface area contributed by atoms with E-state index in [9.17, 15) is 15.0 Å². The number of hydrogen-bond acceptors (Lipinski definition) is 2. The third-order valence-corrected chi connectivity index (χ3v) is 3.76. The molecule has 0 radical (unpaired) electrons. The largest absolute Gasteiger partial charge is 0.481 e. The summed E-state index contributed by atoms with van der Waals surface area (Å²) >= 11 is 0. The van der Waals surface area contributed by atoms with Gasteiger partial charge in [-0.25, -0.2) is 0 Å². The number of benzene rings is 1. The summed E-state index contributed by atoms with van der Waals surface area (Å²) in [6.07, 6.45) is 6.39. The first-order valence-corrected chi connectivity index (χ1v) is 6.34. The quantitative estimate of drug-likeness (QED) is 0.872. The fourth-order valence-electron chi connectivity index (χ4n) is 2.81. The first kappa shape index (κ1) is 13.6. The third kappa shape index (κ3) is 2.47. The molecule has 0 saturated carbocycles. The van der Waals surface area contributed by atoms with Gasteiger partial charge in [0.05, 0.1) is 12.5 Å². The maximum atomic E-state index is 11.5. The third-order valence-electron chi connectivity index (χ3n) is 3.76. The van der Waals surface area contributed by atoms with Gasteiger partial charge < -0.3 is 10.2 Å². The van der Waals surface area contributed by atoms with Crippen molar-refractivity contribution in [1.29, 1.82) is 0 Å². The molecule has 0 fully saturated rings. The summed E-state index contributed by atoms with van der Waals surface area (Å²) < 4.78 is 0. The molecular weight excluding hydrogens is 240 g/mol. The van der Waals surface area contributed by atoms with Gasteiger partial charge in [0.2, 0.25) is 0 Å². The van der Waals surface area contributed by atoms with E-state index in [4.69, 9.17) is 0 Å². The smallest absolute Gasteiger partial charge is 0.310 e. The van der Waals surface area contributed by atoms with E-state index in [1.54, 1.807) is 0 Å². The van der Waals surface area contributed by atoms with Crippen molar-refractivity contribution in [1.82, 2.24) is 0 Å². The normalized spacial score (nSPS) is 23.8. The topological polar surface area (TPSA) is 57.5 Å². The van der Waals surface area contributed by atoms with E-state index < -0.39 is 17.3 Å². The molecule has 0 saturated heterocycles. The van der Waals surface area contributed by atoms with Crippen molar-refractivity contribution in [2.24, 2.45) is 5.92 Å². The standard InChI is InChI=1S/C16H18O3/c1-12-6-5-9-16(10-12,14(11-17)15(18)19)13-7-3-2-4-8-13/h2-9,14,17H,10-11H2,1H3,(H,18,19). The molecule has 0 heterocycles. The minimum absolute atomic E-state index is 0.373. The first-order chi connectivity index (χ1) is 9.10. The Morgan fingerprint density at radius 2 is 2.05 bits per heavy atom. The average Bonchev–Trinajstić information content (AvgIpc) is 2.40. The van der Waals surface area contributed by atoms with Crippen molar-refractivity contribution in [2.75, 3.05) is 6.61 Å². The molecule has 3 nitrogen and oxygen atoms in total. The minimum atomic E-state index is -0.967. The zero-order chi connectivity index (χ0) is 13.9. The summed E-state index contributed by atoms with van der Waals surface area (Å²) in [7, 11) is 0. The molecule has 0 aliphatic heterocycles. The number of aliphatic hydroxyl groups excluding tert-OH is 1. The van der Waals surface area contributed by atoms with Crippen molar-refractivity contribution in [3.63, 3.8) is 0 Å². The van der Waals surface area contributed by atoms with Gasteiger partial charge in [-0.3, -0.25) is 4.79 Å². The Hall–Kier alpha value is -1.87. The van der Waals surface area contributed by atoms with Crippen LogP contribution in [0.2, 0.25) is 0 Å². The van der Waals surface area contributed by atoms with Crippen LogP contribution in [0.3, 0.4) is 0 Å². The molecule has 1 aliphatic rings. The lowest BCUT2D eigenvalue weighted by molar-refractivity contribution is -0.145. The molecule has 2 N–H and O–H groups in total. The molecule has 0 aromatic heterocycles. The Morgan fingerprint density at radius 1 is 1.37 bits per heavy atom. The van der Waals surface area contributed by atoms with Gasteiger partial charge in [-0.15, -0.1) is 0 Å². The number of aliphatic hydroxyl groups is 1. The molecule has 2 rings (SSSR count). The fourth-order valence-corrected chi connectivity index (χ4v) is 2.81. The lowest BCUT2D eigenvalue weighted by Crippen LogP contribution is -2.41. The maximum absolute atomic E-state index is 11.5.